The highest BCUT2D eigenvalue weighted by molar-refractivity contribution is 7.09. The molecule has 3 aromatic rings. The van der Waals surface area contributed by atoms with Crippen molar-refractivity contribution in [3.05, 3.63) is 65.1 Å². The van der Waals surface area contributed by atoms with Gasteiger partial charge in [0.05, 0.1) is 5.69 Å². The van der Waals surface area contributed by atoms with Crippen LogP contribution in [-0.2, 0) is 6.54 Å². The third-order valence-electron chi connectivity index (χ3n) is 4.63. The Balaban J connectivity index is 1.28. The van der Waals surface area contributed by atoms with Gasteiger partial charge in [-0.3, -0.25) is 0 Å². The number of hydrogen-bond donors (Lipinski definition) is 1. The van der Waals surface area contributed by atoms with Gasteiger partial charge in [-0.05, 0) is 25.0 Å². The molecular formula is C20H22N4S. The largest absolute Gasteiger partial charge is 0.357 e. The van der Waals surface area contributed by atoms with Crippen LogP contribution in [0.15, 0.2) is 60.1 Å². The van der Waals surface area contributed by atoms with E-state index in [0.29, 0.717) is 6.04 Å². The second-order valence-corrected chi connectivity index (χ2v) is 7.27. The molecule has 0 atom stereocenters. The molecule has 1 aliphatic heterocycles. The summed E-state index contributed by atoms with van der Waals surface area (Å²) in [6.07, 6.45) is 4.16. The van der Waals surface area contributed by atoms with Crippen LogP contribution in [0.2, 0.25) is 0 Å². The van der Waals surface area contributed by atoms with Gasteiger partial charge in [-0.2, -0.15) is 0 Å². The third kappa shape index (κ3) is 4.06. The van der Waals surface area contributed by atoms with E-state index < -0.39 is 0 Å². The molecule has 25 heavy (non-hydrogen) atoms. The van der Waals surface area contributed by atoms with Crippen LogP contribution in [0, 0.1) is 0 Å². The van der Waals surface area contributed by atoms with E-state index in [-0.39, 0.29) is 0 Å². The molecule has 0 amide bonds. The molecular weight excluding hydrogens is 328 g/mol. The lowest BCUT2D eigenvalue weighted by Crippen LogP contribution is -2.42. The number of rotatable bonds is 5. The van der Waals surface area contributed by atoms with E-state index in [2.05, 4.69) is 57.0 Å². The lowest BCUT2D eigenvalue weighted by molar-refractivity contribution is 0.412. The molecule has 1 saturated heterocycles. The highest BCUT2D eigenvalue weighted by atomic mass is 32.1. The number of pyridine rings is 1. The maximum absolute atomic E-state index is 4.76. The molecule has 0 unspecified atom stereocenters. The molecule has 0 aliphatic carbocycles. The number of anilines is 1. The first-order valence-electron chi connectivity index (χ1n) is 8.78. The van der Waals surface area contributed by atoms with Gasteiger partial charge in [0.25, 0.3) is 0 Å². The van der Waals surface area contributed by atoms with Gasteiger partial charge in [0.2, 0.25) is 0 Å². The number of nitrogens with one attached hydrogen (secondary N) is 1. The number of benzene rings is 1. The molecule has 1 fully saturated rings. The van der Waals surface area contributed by atoms with E-state index in [9.17, 15) is 0 Å². The topological polar surface area (TPSA) is 41.0 Å². The van der Waals surface area contributed by atoms with Crippen molar-refractivity contribution in [3.63, 3.8) is 0 Å². The fourth-order valence-electron chi connectivity index (χ4n) is 3.22. The zero-order valence-corrected chi connectivity index (χ0v) is 15.0. The highest BCUT2D eigenvalue weighted by Crippen LogP contribution is 2.22. The van der Waals surface area contributed by atoms with Crippen molar-refractivity contribution in [1.29, 1.82) is 0 Å². The Morgan fingerprint density at radius 2 is 1.84 bits per heavy atom. The Kier molecular flexibility index (Phi) is 5.04. The predicted molar refractivity (Wildman–Crippen MR) is 104 cm³/mol. The predicted octanol–water partition coefficient (Wildman–Crippen LogP) is 3.96. The van der Waals surface area contributed by atoms with E-state index in [1.807, 2.05) is 18.3 Å². The second-order valence-electron chi connectivity index (χ2n) is 6.32. The molecule has 1 aromatic carbocycles. The zero-order chi connectivity index (χ0) is 16.9. The monoisotopic (exact) mass is 350 g/mol. The van der Waals surface area contributed by atoms with Crippen LogP contribution in [0.3, 0.4) is 0 Å². The van der Waals surface area contributed by atoms with Crippen LogP contribution < -0.4 is 10.2 Å². The summed E-state index contributed by atoms with van der Waals surface area (Å²) >= 11 is 1.74. The molecule has 5 heteroatoms. The lowest BCUT2D eigenvalue weighted by atomic mass is 10.1. The Morgan fingerprint density at radius 3 is 2.60 bits per heavy atom. The summed E-state index contributed by atoms with van der Waals surface area (Å²) in [5, 5.41) is 6.98. The summed E-state index contributed by atoms with van der Waals surface area (Å²) in [6.45, 7) is 2.97. The molecule has 0 spiro atoms. The van der Waals surface area contributed by atoms with Gasteiger partial charge in [0.15, 0.2) is 0 Å². The first-order valence-corrected chi connectivity index (χ1v) is 9.65. The molecule has 1 N–H and O–H groups in total. The fourth-order valence-corrected chi connectivity index (χ4v) is 3.97. The number of piperidine rings is 1. The summed E-state index contributed by atoms with van der Waals surface area (Å²) in [6, 6.07) is 17.0. The van der Waals surface area contributed by atoms with Crippen LogP contribution >= 0.6 is 11.3 Å². The van der Waals surface area contributed by atoms with Crippen LogP contribution in [0.1, 0.15) is 17.8 Å². The Bertz CT molecular complexity index is 780. The number of aromatic nitrogens is 2. The normalized spacial score (nSPS) is 15.4. The first-order chi connectivity index (χ1) is 12.4. The number of hydrogen-bond acceptors (Lipinski definition) is 5. The van der Waals surface area contributed by atoms with Crippen molar-refractivity contribution in [2.24, 2.45) is 0 Å². The van der Waals surface area contributed by atoms with Gasteiger partial charge in [0, 0.05) is 42.8 Å². The quantitative estimate of drug-likeness (QED) is 0.756. The van der Waals surface area contributed by atoms with Crippen LogP contribution in [0.5, 0.6) is 0 Å². The SMILES string of the molecule is c1ccc(-c2csc(CNC3CCN(c4ccccn4)CC3)n2)cc1. The number of nitrogens with zero attached hydrogens (tertiary/aromatic N) is 3. The van der Waals surface area contributed by atoms with Crippen molar-refractivity contribution in [2.45, 2.75) is 25.4 Å². The molecule has 4 nitrogen and oxygen atoms in total. The summed E-state index contributed by atoms with van der Waals surface area (Å²) in [5.41, 5.74) is 2.26. The Labute approximate surface area is 152 Å². The van der Waals surface area contributed by atoms with Gasteiger partial charge in [-0.25, -0.2) is 9.97 Å². The molecule has 0 saturated carbocycles. The molecule has 2 aromatic heterocycles. The summed E-state index contributed by atoms with van der Waals surface area (Å²) in [7, 11) is 0. The molecule has 128 valence electrons. The van der Waals surface area contributed by atoms with Gasteiger partial charge in [-0.1, -0.05) is 36.4 Å². The smallest absolute Gasteiger partial charge is 0.128 e. The van der Waals surface area contributed by atoms with Gasteiger partial charge >= 0.3 is 0 Å². The van der Waals surface area contributed by atoms with Gasteiger partial charge < -0.3 is 10.2 Å². The second kappa shape index (κ2) is 7.76. The van der Waals surface area contributed by atoms with E-state index >= 15 is 0 Å². The summed E-state index contributed by atoms with van der Waals surface area (Å²) in [5.74, 6) is 1.09. The summed E-state index contributed by atoms with van der Waals surface area (Å²) in [4.78, 5) is 11.6. The first kappa shape index (κ1) is 16.2. The van der Waals surface area contributed by atoms with E-state index in [4.69, 9.17) is 4.98 Å². The Morgan fingerprint density at radius 1 is 1.04 bits per heavy atom. The highest BCUT2D eigenvalue weighted by Gasteiger charge is 2.19. The zero-order valence-electron chi connectivity index (χ0n) is 14.1. The minimum atomic E-state index is 0.559. The van der Waals surface area contributed by atoms with Crippen LogP contribution in [0.25, 0.3) is 11.3 Å². The maximum Gasteiger partial charge on any atom is 0.128 e. The van der Waals surface area contributed by atoms with Gasteiger partial charge in [-0.15, -0.1) is 11.3 Å². The molecule has 0 radical (unpaired) electrons. The van der Waals surface area contributed by atoms with Crippen molar-refractivity contribution in [3.8, 4) is 11.3 Å². The van der Waals surface area contributed by atoms with Crippen molar-refractivity contribution < 1.29 is 0 Å². The molecule has 0 bridgehead atoms. The van der Waals surface area contributed by atoms with E-state index in [1.54, 1.807) is 11.3 Å². The van der Waals surface area contributed by atoms with Crippen LogP contribution in [-0.4, -0.2) is 29.1 Å². The summed E-state index contributed by atoms with van der Waals surface area (Å²) < 4.78 is 0. The molecule has 3 heterocycles. The fraction of sp³-hybridized carbons (Fsp3) is 0.300. The molecule has 1 aliphatic rings. The Hall–Kier alpha value is -2.24. The minimum Gasteiger partial charge on any atom is -0.357 e. The van der Waals surface area contributed by atoms with Gasteiger partial charge in [0.1, 0.15) is 10.8 Å². The van der Waals surface area contributed by atoms with E-state index in [1.165, 1.54) is 5.56 Å². The minimum absolute atomic E-state index is 0.559. The standard InChI is InChI=1S/C20H22N4S/c1-2-6-16(7-3-1)18-15-25-20(23-18)14-22-17-9-12-24(13-10-17)19-8-4-5-11-21-19/h1-8,11,15,17,22H,9-10,12-14H2. The average Bonchev–Trinajstić information content (AvgIpc) is 3.17. The van der Waals surface area contributed by atoms with Crippen molar-refractivity contribution in [1.82, 2.24) is 15.3 Å². The molecule has 4 rings (SSSR count). The maximum atomic E-state index is 4.76. The van der Waals surface area contributed by atoms with Crippen LogP contribution in [0.4, 0.5) is 5.82 Å². The van der Waals surface area contributed by atoms with Crippen molar-refractivity contribution in [2.75, 3.05) is 18.0 Å². The lowest BCUT2D eigenvalue weighted by Gasteiger charge is -2.33. The number of thiazole rings is 1. The van der Waals surface area contributed by atoms with E-state index in [0.717, 1.165) is 49.0 Å². The van der Waals surface area contributed by atoms with Crippen molar-refractivity contribution >= 4 is 17.2 Å². The third-order valence-corrected chi connectivity index (χ3v) is 5.48. The average molecular weight is 350 g/mol.